The number of imide groups is 1. The second kappa shape index (κ2) is 15.5. The van der Waals surface area contributed by atoms with Gasteiger partial charge in [0.15, 0.2) is 0 Å². The van der Waals surface area contributed by atoms with E-state index in [1.54, 1.807) is 17.8 Å². The summed E-state index contributed by atoms with van der Waals surface area (Å²) in [5.74, 6) is 0.605. The van der Waals surface area contributed by atoms with Crippen LogP contribution in [-0.4, -0.2) is 88.2 Å². The van der Waals surface area contributed by atoms with Gasteiger partial charge in [-0.3, -0.25) is 29.4 Å². The summed E-state index contributed by atoms with van der Waals surface area (Å²) in [4.78, 5) is 61.0. The third kappa shape index (κ3) is 7.97. The quantitative estimate of drug-likeness (QED) is 0.252. The van der Waals surface area contributed by atoms with E-state index in [-0.39, 0.29) is 40.6 Å². The van der Waals surface area contributed by atoms with Crippen molar-refractivity contribution in [3.05, 3.63) is 63.5 Å². The van der Waals surface area contributed by atoms with Crippen molar-refractivity contribution >= 4 is 46.1 Å². The van der Waals surface area contributed by atoms with Crippen LogP contribution in [0.4, 0.5) is 10.1 Å². The van der Waals surface area contributed by atoms with Crippen molar-refractivity contribution in [1.82, 2.24) is 25.1 Å². The van der Waals surface area contributed by atoms with Gasteiger partial charge in [0, 0.05) is 81.8 Å². The standard InChI is InChI=1S/C36H43FN6O6S/c37-27-16-24(17-29-34(27)36(47)40-31(39-29)21-50-25-9-14-48-15-10-25)49-20-22-7-12-42(13-8-22)33(45)6-11-38-28-3-1-2-23-18-43(19-26(23)28)30-4-5-32(44)41-35(30)46/h1-3,16-17,22,25,30,38H,4-15,18-21H2,(H,39,40,47)(H,41,44,46). The van der Waals surface area contributed by atoms with Gasteiger partial charge in [-0.1, -0.05) is 12.1 Å². The number of likely N-dealkylation sites (tertiary alicyclic amines) is 1. The fraction of sp³-hybridized carbons (Fsp3) is 0.528. The molecule has 0 aliphatic carbocycles. The summed E-state index contributed by atoms with van der Waals surface area (Å²) in [7, 11) is 0. The minimum Gasteiger partial charge on any atom is -0.493 e. The highest BCUT2D eigenvalue weighted by Crippen LogP contribution is 2.32. The van der Waals surface area contributed by atoms with E-state index in [1.807, 2.05) is 17.0 Å². The smallest absolute Gasteiger partial charge is 0.261 e. The van der Waals surface area contributed by atoms with Crippen LogP contribution in [-0.2, 0) is 38.0 Å². The van der Waals surface area contributed by atoms with Crippen molar-refractivity contribution in [2.24, 2.45) is 5.92 Å². The highest BCUT2D eigenvalue weighted by molar-refractivity contribution is 7.99. The molecule has 1 unspecified atom stereocenters. The first-order valence-corrected chi connectivity index (χ1v) is 18.6. The molecule has 5 heterocycles. The fourth-order valence-corrected chi connectivity index (χ4v) is 8.38. The number of ether oxygens (including phenoxy) is 2. The van der Waals surface area contributed by atoms with E-state index >= 15 is 0 Å². The van der Waals surface area contributed by atoms with Gasteiger partial charge in [0.05, 0.1) is 23.9 Å². The second-order valence-corrected chi connectivity index (χ2v) is 14.9. The molecular weight excluding hydrogens is 663 g/mol. The summed E-state index contributed by atoms with van der Waals surface area (Å²) in [6, 6.07) is 8.62. The minimum absolute atomic E-state index is 0.0654. The Kier molecular flexibility index (Phi) is 10.7. The van der Waals surface area contributed by atoms with E-state index in [1.165, 1.54) is 6.07 Å². The van der Waals surface area contributed by atoms with Crippen molar-refractivity contribution in [3.63, 3.8) is 0 Å². The molecule has 50 heavy (non-hydrogen) atoms. The number of thioether (sulfide) groups is 1. The number of aromatic nitrogens is 2. The Morgan fingerprint density at radius 3 is 2.70 bits per heavy atom. The zero-order valence-electron chi connectivity index (χ0n) is 28.0. The molecule has 4 aliphatic heterocycles. The van der Waals surface area contributed by atoms with Gasteiger partial charge < -0.3 is 24.7 Å². The number of nitrogens with zero attached hydrogens (tertiary/aromatic N) is 3. The van der Waals surface area contributed by atoms with Gasteiger partial charge in [0.2, 0.25) is 17.7 Å². The Morgan fingerprint density at radius 2 is 1.90 bits per heavy atom. The predicted octanol–water partition coefficient (Wildman–Crippen LogP) is 3.71. The van der Waals surface area contributed by atoms with Crippen molar-refractivity contribution in [2.75, 3.05) is 44.8 Å². The molecule has 12 nitrogen and oxygen atoms in total. The Bertz CT molecular complexity index is 1810. The number of anilines is 1. The summed E-state index contributed by atoms with van der Waals surface area (Å²) in [6.45, 7) is 4.90. The van der Waals surface area contributed by atoms with Gasteiger partial charge in [-0.15, -0.1) is 0 Å². The maximum Gasteiger partial charge on any atom is 0.261 e. The first-order chi connectivity index (χ1) is 24.3. The molecule has 4 aliphatic rings. The van der Waals surface area contributed by atoms with Crippen LogP contribution in [0, 0.1) is 11.7 Å². The molecule has 0 saturated carbocycles. The first-order valence-electron chi connectivity index (χ1n) is 17.6. The molecule has 3 N–H and O–H groups in total. The lowest BCUT2D eigenvalue weighted by Gasteiger charge is -2.32. The highest BCUT2D eigenvalue weighted by atomic mass is 32.2. The van der Waals surface area contributed by atoms with Gasteiger partial charge >= 0.3 is 0 Å². The molecule has 3 saturated heterocycles. The number of carbonyl (C=O) groups excluding carboxylic acids is 3. The van der Waals surface area contributed by atoms with E-state index in [9.17, 15) is 23.6 Å². The van der Waals surface area contributed by atoms with Gasteiger partial charge in [0.25, 0.3) is 5.56 Å². The molecule has 0 radical (unpaired) electrons. The largest absolute Gasteiger partial charge is 0.493 e. The molecule has 2 aromatic carbocycles. The number of carbonyl (C=O) groups is 3. The monoisotopic (exact) mass is 706 g/mol. The number of benzene rings is 2. The van der Waals surface area contributed by atoms with E-state index in [0.717, 1.165) is 55.7 Å². The lowest BCUT2D eigenvalue weighted by Crippen LogP contribution is -2.50. The molecular formula is C36H43FN6O6S. The molecule has 3 fully saturated rings. The van der Waals surface area contributed by atoms with Crippen LogP contribution < -0.4 is 20.9 Å². The number of H-pyrrole nitrogens is 1. The van der Waals surface area contributed by atoms with Crippen molar-refractivity contribution < 1.29 is 28.2 Å². The average Bonchev–Trinajstić information content (AvgIpc) is 3.55. The Morgan fingerprint density at radius 1 is 1.08 bits per heavy atom. The Balaban J connectivity index is 0.862. The molecule has 0 bridgehead atoms. The SMILES string of the molecule is O=C1CCC(N2Cc3cccc(NCCC(=O)N4CCC(COc5cc(F)c6c(=O)[nH]c(CSC7CCOCC7)nc6c5)CC4)c3C2)C(=O)N1. The molecule has 1 aromatic heterocycles. The summed E-state index contributed by atoms with van der Waals surface area (Å²) in [5, 5.41) is 6.27. The molecule has 3 amide bonds. The predicted molar refractivity (Wildman–Crippen MR) is 187 cm³/mol. The summed E-state index contributed by atoms with van der Waals surface area (Å²) >= 11 is 1.73. The molecule has 14 heteroatoms. The van der Waals surface area contributed by atoms with Crippen molar-refractivity contribution in [2.45, 2.75) is 75.1 Å². The number of fused-ring (bicyclic) bond motifs is 2. The lowest BCUT2D eigenvalue weighted by molar-refractivity contribution is -0.138. The number of hydrogen-bond donors (Lipinski definition) is 3. The average molecular weight is 707 g/mol. The van der Waals surface area contributed by atoms with Gasteiger partial charge in [0.1, 0.15) is 22.8 Å². The Labute approximate surface area is 293 Å². The van der Waals surface area contributed by atoms with E-state index in [4.69, 9.17) is 9.47 Å². The summed E-state index contributed by atoms with van der Waals surface area (Å²) in [6.07, 6.45) is 4.73. The Hall–Kier alpha value is -4.01. The zero-order valence-corrected chi connectivity index (χ0v) is 28.8. The maximum absolute atomic E-state index is 15.0. The van der Waals surface area contributed by atoms with Gasteiger partial charge in [-0.05, 0) is 55.2 Å². The summed E-state index contributed by atoms with van der Waals surface area (Å²) in [5.41, 5.74) is 3.04. The number of halogens is 1. The molecule has 7 rings (SSSR count). The third-order valence-electron chi connectivity index (χ3n) is 10.2. The number of rotatable bonds is 11. The van der Waals surface area contributed by atoms with E-state index < -0.39 is 11.4 Å². The van der Waals surface area contributed by atoms with Crippen LogP contribution >= 0.6 is 11.8 Å². The normalized spacial score (nSPS) is 20.6. The van der Waals surface area contributed by atoms with Crippen LogP contribution in [0.3, 0.4) is 0 Å². The highest BCUT2D eigenvalue weighted by Gasteiger charge is 2.35. The van der Waals surface area contributed by atoms with Crippen LogP contribution in [0.25, 0.3) is 10.9 Å². The topological polar surface area (TPSA) is 146 Å². The maximum atomic E-state index is 15.0. The third-order valence-corrected chi connectivity index (χ3v) is 11.6. The van der Waals surface area contributed by atoms with Crippen LogP contribution in [0.2, 0.25) is 0 Å². The number of piperidine rings is 2. The van der Waals surface area contributed by atoms with Crippen LogP contribution in [0.5, 0.6) is 5.75 Å². The molecule has 0 spiro atoms. The molecule has 3 aromatic rings. The van der Waals surface area contributed by atoms with Gasteiger partial charge in [-0.25, -0.2) is 9.37 Å². The number of hydrogen-bond acceptors (Lipinski definition) is 10. The van der Waals surface area contributed by atoms with Crippen LogP contribution in [0.15, 0.2) is 35.1 Å². The summed E-state index contributed by atoms with van der Waals surface area (Å²) < 4.78 is 26.4. The number of amides is 3. The second-order valence-electron chi connectivity index (χ2n) is 13.6. The molecule has 266 valence electrons. The zero-order chi connectivity index (χ0) is 34.6. The lowest BCUT2D eigenvalue weighted by atomic mass is 9.97. The first kappa shape index (κ1) is 34.4. The number of aromatic amines is 1. The van der Waals surface area contributed by atoms with E-state index in [2.05, 4.69) is 31.6 Å². The van der Waals surface area contributed by atoms with Crippen LogP contribution in [0.1, 0.15) is 61.9 Å². The fourth-order valence-electron chi connectivity index (χ4n) is 7.33. The van der Waals surface area contributed by atoms with Crippen molar-refractivity contribution in [3.8, 4) is 5.75 Å². The van der Waals surface area contributed by atoms with Gasteiger partial charge in [-0.2, -0.15) is 11.8 Å². The minimum atomic E-state index is -0.656. The van der Waals surface area contributed by atoms with Crippen molar-refractivity contribution in [1.29, 1.82) is 0 Å². The van der Waals surface area contributed by atoms with E-state index in [0.29, 0.717) is 81.2 Å². The molecule has 1 atom stereocenters. The number of nitrogens with one attached hydrogen (secondary N) is 3.